The van der Waals surface area contributed by atoms with E-state index < -0.39 is 10.0 Å². The minimum atomic E-state index is -3.56. The van der Waals surface area contributed by atoms with Crippen LogP contribution in [0.15, 0.2) is 81.2 Å². The van der Waals surface area contributed by atoms with E-state index in [0.717, 1.165) is 17.0 Å². The fourth-order valence-electron chi connectivity index (χ4n) is 3.39. The van der Waals surface area contributed by atoms with Gasteiger partial charge in [-0.3, -0.25) is 4.79 Å². The van der Waals surface area contributed by atoms with Crippen molar-refractivity contribution in [1.82, 2.24) is 4.31 Å². The molecule has 32 heavy (non-hydrogen) atoms. The number of nitrogens with zero attached hydrogens (tertiary/aromatic N) is 3. The Hall–Kier alpha value is -2.59. The Bertz CT molecular complexity index is 1200. The number of azo groups is 1. The maximum absolute atomic E-state index is 12.7. The zero-order valence-electron chi connectivity index (χ0n) is 17.0. The maximum atomic E-state index is 12.7. The van der Waals surface area contributed by atoms with Crippen molar-refractivity contribution >= 4 is 55.9 Å². The van der Waals surface area contributed by atoms with Crippen molar-refractivity contribution in [3.05, 3.63) is 71.1 Å². The average Bonchev–Trinajstić information content (AvgIpc) is 3.26. The molecule has 3 aromatic rings. The lowest BCUT2D eigenvalue weighted by Gasteiger charge is -2.30. The molecule has 2 aromatic carbocycles. The Balaban J connectivity index is 1.31. The van der Waals surface area contributed by atoms with Gasteiger partial charge < -0.3 is 5.32 Å². The number of carbonyl (C=O) groups is 1. The van der Waals surface area contributed by atoms with Gasteiger partial charge >= 0.3 is 0 Å². The van der Waals surface area contributed by atoms with E-state index in [4.69, 9.17) is 11.6 Å². The number of benzene rings is 2. The fourth-order valence-corrected chi connectivity index (χ4v) is 6.49. The minimum absolute atomic E-state index is 0.111. The third-order valence-corrected chi connectivity index (χ3v) is 8.74. The first-order chi connectivity index (χ1) is 15.4. The van der Waals surface area contributed by atoms with Crippen LogP contribution in [0.2, 0.25) is 4.34 Å². The summed E-state index contributed by atoms with van der Waals surface area (Å²) < 4.78 is 27.5. The van der Waals surface area contributed by atoms with E-state index >= 15 is 0 Å². The number of anilines is 1. The molecule has 0 bridgehead atoms. The highest BCUT2D eigenvalue weighted by atomic mass is 35.5. The number of thiophene rings is 1. The number of nitrogens with one attached hydrogen (secondary N) is 1. The van der Waals surface area contributed by atoms with E-state index in [9.17, 15) is 13.2 Å². The molecule has 166 valence electrons. The minimum Gasteiger partial charge on any atom is -0.326 e. The highest BCUT2D eigenvalue weighted by Crippen LogP contribution is 2.31. The van der Waals surface area contributed by atoms with Crippen molar-refractivity contribution in [2.24, 2.45) is 16.1 Å². The van der Waals surface area contributed by atoms with Crippen LogP contribution < -0.4 is 5.32 Å². The van der Waals surface area contributed by atoms with Crippen LogP contribution in [0.5, 0.6) is 0 Å². The zero-order valence-corrected chi connectivity index (χ0v) is 19.4. The Kier molecular flexibility index (Phi) is 7.00. The van der Waals surface area contributed by atoms with E-state index in [0.29, 0.717) is 41.6 Å². The van der Waals surface area contributed by atoms with E-state index in [2.05, 4.69) is 15.5 Å². The lowest BCUT2D eigenvalue weighted by molar-refractivity contribution is -0.120. The summed E-state index contributed by atoms with van der Waals surface area (Å²) in [7, 11) is -3.56. The monoisotopic (exact) mass is 488 g/mol. The quantitative estimate of drug-likeness (QED) is 0.441. The summed E-state index contributed by atoms with van der Waals surface area (Å²) in [6.07, 6.45) is 0.932. The van der Waals surface area contributed by atoms with E-state index in [1.807, 2.05) is 30.3 Å². The first-order valence-electron chi connectivity index (χ1n) is 10.0. The third kappa shape index (κ3) is 5.42. The van der Waals surface area contributed by atoms with Crippen LogP contribution in [0.3, 0.4) is 0 Å². The van der Waals surface area contributed by atoms with Crippen LogP contribution in [0, 0.1) is 5.92 Å². The summed E-state index contributed by atoms with van der Waals surface area (Å²) in [4.78, 5) is 12.7. The molecule has 0 atom stereocenters. The molecule has 2 heterocycles. The number of amides is 1. The van der Waals surface area contributed by atoms with Crippen molar-refractivity contribution in [1.29, 1.82) is 0 Å². The Morgan fingerprint density at radius 1 is 0.938 bits per heavy atom. The molecule has 1 aliphatic heterocycles. The highest BCUT2D eigenvalue weighted by Gasteiger charge is 2.32. The van der Waals surface area contributed by atoms with Crippen LogP contribution in [-0.2, 0) is 14.8 Å². The van der Waals surface area contributed by atoms with E-state index in [1.54, 1.807) is 30.3 Å². The molecule has 1 fully saturated rings. The topological polar surface area (TPSA) is 91.2 Å². The summed E-state index contributed by atoms with van der Waals surface area (Å²) in [5.41, 5.74) is 2.11. The number of sulfonamides is 1. The van der Waals surface area contributed by atoms with Crippen molar-refractivity contribution < 1.29 is 13.2 Å². The molecule has 1 aliphatic rings. The molecule has 1 saturated heterocycles. The van der Waals surface area contributed by atoms with Gasteiger partial charge in [0.2, 0.25) is 5.91 Å². The molecule has 4 rings (SSSR count). The summed E-state index contributed by atoms with van der Waals surface area (Å²) in [5.74, 6) is -0.356. The summed E-state index contributed by atoms with van der Waals surface area (Å²) in [6.45, 7) is 0.601. The number of piperidine rings is 1. The van der Waals surface area contributed by atoms with Gasteiger partial charge in [0.1, 0.15) is 4.21 Å². The third-order valence-electron chi connectivity index (χ3n) is 5.14. The SMILES string of the molecule is O=C(Nc1ccc(N=Nc2ccccc2)cc1)C1CCN(S(=O)(=O)c2ccc(Cl)s2)CC1. The molecule has 1 amide bonds. The molecule has 0 radical (unpaired) electrons. The summed E-state index contributed by atoms with van der Waals surface area (Å²) >= 11 is 6.92. The second-order valence-corrected chi connectivity index (χ2v) is 11.2. The molecule has 10 heteroatoms. The van der Waals surface area contributed by atoms with Gasteiger partial charge in [-0.1, -0.05) is 29.8 Å². The van der Waals surface area contributed by atoms with Crippen LogP contribution >= 0.6 is 22.9 Å². The van der Waals surface area contributed by atoms with Gasteiger partial charge in [0.25, 0.3) is 10.0 Å². The van der Waals surface area contributed by atoms with Gasteiger partial charge in [0.15, 0.2) is 0 Å². The summed E-state index contributed by atoms with van der Waals surface area (Å²) in [5, 5.41) is 11.3. The standard InChI is InChI=1S/C22H21ClN4O3S2/c23-20-10-11-21(31-20)32(29,30)27-14-12-16(13-15-27)22(28)24-17-6-8-19(9-7-17)26-25-18-4-2-1-3-5-18/h1-11,16H,12-15H2,(H,24,28). The predicted octanol–water partition coefficient (Wildman–Crippen LogP) is 5.86. The van der Waals surface area contributed by atoms with Gasteiger partial charge in [-0.25, -0.2) is 8.42 Å². The Morgan fingerprint density at radius 3 is 2.16 bits per heavy atom. The van der Waals surface area contributed by atoms with E-state index in [1.165, 1.54) is 10.4 Å². The fraction of sp³-hybridized carbons (Fsp3) is 0.227. The maximum Gasteiger partial charge on any atom is 0.252 e. The first-order valence-corrected chi connectivity index (χ1v) is 12.7. The lowest BCUT2D eigenvalue weighted by atomic mass is 9.97. The number of hydrogen-bond acceptors (Lipinski definition) is 6. The molecule has 0 aliphatic carbocycles. The van der Waals surface area contributed by atoms with Crippen LogP contribution in [0.4, 0.5) is 17.1 Å². The molecule has 1 N–H and O–H groups in total. The van der Waals surface area contributed by atoms with Gasteiger partial charge in [-0.15, -0.1) is 11.3 Å². The van der Waals surface area contributed by atoms with Crippen molar-refractivity contribution in [3.8, 4) is 0 Å². The zero-order chi connectivity index (χ0) is 22.6. The first kappa shape index (κ1) is 22.6. The van der Waals surface area contributed by atoms with Gasteiger partial charge in [-0.05, 0) is 61.4 Å². The summed E-state index contributed by atoms with van der Waals surface area (Å²) in [6, 6.07) is 19.6. The van der Waals surface area contributed by atoms with E-state index in [-0.39, 0.29) is 16.0 Å². The number of hydrogen-bond donors (Lipinski definition) is 1. The molecule has 0 saturated carbocycles. The second kappa shape index (κ2) is 9.91. The van der Waals surface area contributed by atoms with Gasteiger partial charge in [0, 0.05) is 24.7 Å². The Morgan fingerprint density at radius 2 is 1.56 bits per heavy atom. The second-order valence-electron chi connectivity index (χ2n) is 7.31. The van der Waals surface area contributed by atoms with Crippen LogP contribution in [-0.4, -0.2) is 31.7 Å². The molecule has 1 aromatic heterocycles. The smallest absolute Gasteiger partial charge is 0.252 e. The van der Waals surface area contributed by atoms with Gasteiger partial charge in [-0.2, -0.15) is 14.5 Å². The van der Waals surface area contributed by atoms with Crippen LogP contribution in [0.1, 0.15) is 12.8 Å². The Labute approximate surface area is 195 Å². The highest BCUT2D eigenvalue weighted by molar-refractivity contribution is 7.91. The number of rotatable bonds is 6. The predicted molar refractivity (Wildman–Crippen MR) is 127 cm³/mol. The molecule has 0 spiro atoms. The normalized spacial score (nSPS) is 15.8. The lowest BCUT2D eigenvalue weighted by Crippen LogP contribution is -2.41. The molecular weight excluding hydrogens is 468 g/mol. The van der Waals surface area contributed by atoms with Crippen LogP contribution in [0.25, 0.3) is 0 Å². The average molecular weight is 489 g/mol. The van der Waals surface area contributed by atoms with Crippen molar-refractivity contribution in [2.75, 3.05) is 18.4 Å². The van der Waals surface area contributed by atoms with Crippen molar-refractivity contribution in [3.63, 3.8) is 0 Å². The molecular formula is C22H21ClN4O3S2. The molecule has 7 nitrogen and oxygen atoms in total. The number of halogens is 1. The van der Waals surface area contributed by atoms with Crippen molar-refractivity contribution in [2.45, 2.75) is 17.1 Å². The number of carbonyl (C=O) groups excluding carboxylic acids is 1. The largest absolute Gasteiger partial charge is 0.326 e. The van der Waals surface area contributed by atoms with Gasteiger partial charge in [0.05, 0.1) is 15.7 Å². The molecule has 0 unspecified atom stereocenters.